The van der Waals surface area contributed by atoms with Gasteiger partial charge in [0, 0.05) is 11.3 Å². The fourth-order valence-electron chi connectivity index (χ4n) is 0.912. The third-order valence-corrected chi connectivity index (χ3v) is 3.52. The van der Waals surface area contributed by atoms with Crippen LogP contribution in [0.3, 0.4) is 0 Å². The summed E-state index contributed by atoms with van der Waals surface area (Å²) < 4.78 is 5.03. The lowest BCUT2D eigenvalue weighted by atomic mass is 10.2. The molecule has 1 aromatic rings. The average Bonchev–Trinajstić information content (AvgIpc) is 2.16. The molecule has 5 heteroatoms. The first-order valence-corrected chi connectivity index (χ1v) is 5.76. The van der Waals surface area contributed by atoms with Crippen molar-refractivity contribution in [2.24, 2.45) is 5.92 Å². The third-order valence-electron chi connectivity index (χ3n) is 2.15. The van der Waals surface area contributed by atoms with Gasteiger partial charge in [0.25, 0.3) is 0 Å². The minimum absolute atomic E-state index is 0.257. The maximum atomic E-state index is 5.57. The minimum Gasteiger partial charge on any atom is -0.481 e. The first kappa shape index (κ1) is 12.1. The van der Waals surface area contributed by atoms with Crippen molar-refractivity contribution in [2.75, 3.05) is 12.8 Å². The van der Waals surface area contributed by atoms with E-state index in [9.17, 15) is 0 Å². The molecule has 15 heavy (non-hydrogen) atoms. The topological polar surface area (TPSA) is 61.0 Å². The highest BCUT2D eigenvalue weighted by atomic mass is 32.2. The molecule has 0 fully saturated rings. The van der Waals surface area contributed by atoms with Gasteiger partial charge in [0.1, 0.15) is 5.03 Å². The van der Waals surface area contributed by atoms with Crippen molar-refractivity contribution >= 4 is 17.7 Å². The van der Waals surface area contributed by atoms with Crippen LogP contribution in [0.25, 0.3) is 0 Å². The molecule has 0 aliphatic rings. The molecule has 1 atom stereocenters. The number of nitrogens with zero attached hydrogens (tertiary/aromatic N) is 2. The van der Waals surface area contributed by atoms with Gasteiger partial charge in [-0.05, 0) is 5.92 Å². The molecule has 2 N–H and O–H groups in total. The molecule has 4 nitrogen and oxygen atoms in total. The predicted octanol–water partition coefficient (Wildman–Crippen LogP) is 2.20. The van der Waals surface area contributed by atoms with Crippen molar-refractivity contribution in [1.29, 1.82) is 0 Å². The molecule has 1 heterocycles. The summed E-state index contributed by atoms with van der Waals surface area (Å²) in [4.78, 5) is 8.09. The Balaban J connectivity index is 2.80. The molecular formula is C10H17N3OS. The van der Waals surface area contributed by atoms with Crippen molar-refractivity contribution in [2.45, 2.75) is 31.0 Å². The van der Waals surface area contributed by atoms with Crippen molar-refractivity contribution in [3.05, 3.63) is 6.07 Å². The molecule has 1 unspecified atom stereocenters. The number of nitrogen functional groups attached to an aromatic ring is 1. The van der Waals surface area contributed by atoms with Gasteiger partial charge in [-0.1, -0.05) is 20.8 Å². The number of aromatic nitrogens is 2. The van der Waals surface area contributed by atoms with E-state index in [-0.39, 0.29) is 5.95 Å². The second-order valence-corrected chi connectivity index (χ2v) is 5.07. The number of hydrogen-bond donors (Lipinski definition) is 1. The van der Waals surface area contributed by atoms with Crippen molar-refractivity contribution < 1.29 is 4.74 Å². The SMILES string of the molecule is COc1cc(SC(C)C(C)C)nc(N)n1. The molecule has 0 saturated carbocycles. The van der Waals surface area contributed by atoms with Crippen LogP contribution in [0.2, 0.25) is 0 Å². The smallest absolute Gasteiger partial charge is 0.224 e. The molecule has 0 aliphatic heterocycles. The molecule has 0 bridgehead atoms. The minimum atomic E-state index is 0.257. The Hall–Kier alpha value is -0.970. The van der Waals surface area contributed by atoms with Gasteiger partial charge in [0.15, 0.2) is 0 Å². The van der Waals surface area contributed by atoms with Crippen molar-refractivity contribution in [3.8, 4) is 5.88 Å². The van der Waals surface area contributed by atoms with E-state index < -0.39 is 0 Å². The van der Waals surface area contributed by atoms with Gasteiger partial charge in [0.2, 0.25) is 11.8 Å². The predicted molar refractivity (Wildman–Crippen MR) is 63.2 cm³/mol. The second-order valence-electron chi connectivity index (χ2n) is 3.67. The number of hydrogen-bond acceptors (Lipinski definition) is 5. The third kappa shape index (κ3) is 3.58. The highest BCUT2D eigenvalue weighted by Gasteiger charge is 2.11. The van der Waals surface area contributed by atoms with Crippen LogP contribution in [0.15, 0.2) is 11.1 Å². The molecule has 0 amide bonds. The molecule has 0 spiro atoms. The highest BCUT2D eigenvalue weighted by Crippen LogP contribution is 2.28. The number of rotatable bonds is 4. The summed E-state index contributed by atoms with van der Waals surface area (Å²) in [5.74, 6) is 1.37. The molecule has 1 aromatic heterocycles. The molecular weight excluding hydrogens is 210 g/mol. The van der Waals surface area contributed by atoms with Crippen LogP contribution in [0.1, 0.15) is 20.8 Å². The van der Waals surface area contributed by atoms with E-state index in [1.165, 1.54) is 0 Å². The zero-order valence-corrected chi connectivity index (χ0v) is 10.3. The number of thioether (sulfide) groups is 1. The van der Waals surface area contributed by atoms with Gasteiger partial charge in [-0.3, -0.25) is 0 Å². The summed E-state index contributed by atoms with van der Waals surface area (Å²) >= 11 is 1.68. The maximum Gasteiger partial charge on any atom is 0.224 e. The van der Waals surface area contributed by atoms with Crippen LogP contribution in [0.5, 0.6) is 5.88 Å². The van der Waals surface area contributed by atoms with Gasteiger partial charge in [-0.25, -0.2) is 4.98 Å². The monoisotopic (exact) mass is 227 g/mol. The standard InChI is InChI=1S/C10H17N3OS/c1-6(2)7(3)15-9-5-8(14-4)12-10(11)13-9/h5-7H,1-4H3,(H2,11,12,13). The van der Waals surface area contributed by atoms with Crippen LogP contribution in [-0.2, 0) is 0 Å². The van der Waals surface area contributed by atoms with Gasteiger partial charge in [0.05, 0.1) is 7.11 Å². The van der Waals surface area contributed by atoms with Crippen LogP contribution >= 0.6 is 11.8 Å². The summed E-state index contributed by atoms with van der Waals surface area (Å²) in [6.07, 6.45) is 0. The van der Waals surface area contributed by atoms with Gasteiger partial charge in [-0.15, -0.1) is 11.8 Å². The van der Waals surface area contributed by atoms with Gasteiger partial charge in [-0.2, -0.15) is 4.98 Å². The van der Waals surface area contributed by atoms with Crippen LogP contribution in [-0.4, -0.2) is 22.3 Å². The van der Waals surface area contributed by atoms with Gasteiger partial charge < -0.3 is 10.5 Å². The van der Waals surface area contributed by atoms with E-state index in [0.29, 0.717) is 17.0 Å². The lowest BCUT2D eigenvalue weighted by Gasteiger charge is -2.14. The molecule has 0 aliphatic carbocycles. The number of nitrogens with two attached hydrogens (primary N) is 1. The summed E-state index contributed by atoms with van der Waals surface area (Å²) in [5, 5.41) is 1.35. The van der Waals surface area contributed by atoms with E-state index in [4.69, 9.17) is 10.5 Å². The van der Waals surface area contributed by atoms with E-state index in [0.717, 1.165) is 5.03 Å². The average molecular weight is 227 g/mol. The summed E-state index contributed by atoms with van der Waals surface area (Å²) in [5.41, 5.74) is 5.57. The maximum absolute atomic E-state index is 5.57. The van der Waals surface area contributed by atoms with Gasteiger partial charge >= 0.3 is 0 Å². The van der Waals surface area contributed by atoms with Crippen molar-refractivity contribution in [1.82, 2.24) is 9.97 Å². The molecule has 0 saturated heterocycles. The lowest BCUT2D eigenvalue weighted by molar-refractivity contribution is 0.396. The summed E-state index contributed by atoms with van der Waals surface area (Å²) in [7, 11) is 1.57. The van der Waals surface area contributed by atoms with Crippen molar-refractivity contribution in [3.63, 3.8) is 0 Å². The van der Waals surface area contributed by atoms with Crippen LogP contribution < -0.4 is 10.5 Å². The quantitative estimate of drug-likeness (QED) is 0.631. The number of methoxy groups -OCH3 is 1. The van der Waals surface area contributed by atoms with E-state index in [2.05, 4.69) is 30.7 Å². The van der Waals surface area contributed by atoms with E-state index in [1.54, 1.807) is 24.9 Å². The Morgan fingerprint density at radius 3 is 2.53 bits per heavy atom. The number of ether oxygens (including phenoxy) is 1. The first-order chi connectivity index (χ1) is 7.02. The van der Waals surface area contributed by atoms with E-state index >= 15 is 0 Å². The zero-order chi connectivity index (χ0) is 11.4. The Morgan fingerprint density at radius 2 is 2.00 bits per heavy atom. The Kier molecular flexibility index (Phi) is 4.20. The Bertz CT molecular complexity index is 330. The largest absolute Gasteiger partial charge is 0.481 e. The normalized spacial score (nSPS) is 12.9. The highest BCUT2D eigenvalue weighted by molar-refractivity contribution is 7.99. The zero-order valence-electron chi connectivity index (χ0n) is 9.52. The second kappa shape index (κ2) is 5.21. The summed E-state index contributed by atoms with van der Waals surface area (Å²) in [6.45, 7) is 6.53. The lowest BCUT2D eigenvalue weighted by Crippen LogP contribution is -2.07. The fourth-order valence-corrected chi connectivity index (χ4v) is 1.88. The first-order valence-electron chi connectivity index (χ1n) is 4.88. The molecule has 0 radical (unpaired) electrons. The Morgan fingerprint density at radius 1 is 1.33 bits per heavy atom. The van der Waals surface area contributed by atoms with Crippen LogP contribution in [0, 0.1) is 5.92 Å². The van der Waals surface area contributed by atoms with E-state index in [1.807, 2.05) is 0 Å². The Labute approximate surface area is 94.6 Å². The summed E-state index contributed by atoms with van der Waals surface area (Å²) in [6, 6.07) is 1.81. The van der Waals surface area contributed by atoms with Crippen LogP contribution in [0.4, 0.5) is 5.95 Å². The molecule has 84 valence electrons. The molecule has 0 aromatic carbocycles. The number of anilines is 1. The molecule has 1 rings (SSSR count). The fraction of sp³-hybridized carbons (Fsp3) is 0.600.